The topological polar surface area (TPSA) is 9.23 Å². The Hall–Kier alpha value is -2.25. The Bertz CT molecular complexity index is 869. The van der Waals surface area contributed by atoms with Crippen LogP contribution in [0.25, 0.3) is 0 Å². The lowest BCUT2D eigenvalue weighted by Crippen LogP contribution is -2.20. The minimum atomic E-state index is -0.446. The fourth-order valence-electron chi connectivity index (χ4n) is 3.10. The highest BCUT2D eigenvalue weighted by Gasteiger charge is 2.14. The number of rotatable bonds is 8. The van der Waals surface area contributed by atoms with Crippen LogP contribution in [0.4, 0.5) is 0 Å². The first-order valence-electron chi connectivity index (χ1n) is 10.5. The summed E-state index contributed by atoms with van der Waals surface area (Å²) in [6.07, 6.45) is 1.08. The van der Waals surface area contributed by atoms with Crippen molar-refractivity contribution in [1.29, 1.82) is 0 Å². The van der Waals surface area contributed by atoms with E-state index in [9.17, 15) is 0 Å². The van der Waals surface area contributed by atoms with Gasteiger partial charge in [0.05, 0.1) is 6.61 Å². The number of alkyl halides is 1. The Morgan fingerprint density at radius 1 is 0.548 bits per heavy atom. The Morgan fingerprint density at radius 3 is 1.32 bits per heavy atom. The molecule has 4 aromatic carbocycles. The van der Waals surface area contributed by atoms with Crippen LogP contribution in [-0.4, -0.2) is 11.9 Å². The second-order valence-electron chi connectivity index (χ2n) is 6.92. The summed E-state index contributed by atoms with van der Waals surface area (Å²) in [6.45, 7) is 1.56. The lowest BCUT2D eigenvalue weighted by molar-refractivity contribution is 0.122. The van der Waals surface area contributed by atoms with Crippen LogP contribution in [0.3, 0.4) is 0 Å². The van der Waals surface area contributed by atoms with Gasteiger partial charge in [-0.1, -0.05) is 137 Å². The van der Waals surface area contributed by atoms with E-state index in [1.807, 2.05) is 18.2 Å². The molecule has 0 atom stereocenters. The van der Waals surface area contributed by atoms with Crippen LogP contribution in [0.2, 0.25) is 0 Å². The molecule has 3 heteroatoms. The summed E-state index contributed by atoms with van der Waals surface area (Å²) >= 11 is 3.36. The first kappa shape index (κ1) is 23.4. The summed E-state index contributed by atoms with van der Waals surface area (Å²) in [7, 11) is -0.446. The second-order valence-corrected chi connectivity index (χ2v) is 9.94. The third-order valence-electron chi connectivity index (χ3n) is 4.58. The van der Waals surface area contributed by atoms with Crippen molar-refractivity contribution in [2.75, 3.05) is 11.9 Å². The highest BCUT2D eigenvalue weighted by Crippen LogP contribution is 2.32. The zero-order valence-electron chi connectivity index (χ0n) is 17.6. The van der Waals surface area contributed by atoms with Gasteiger partial charge in [-0.05, 0) is 35.8 Å². The molecule has 0 N–H and O–H groups in total. The smallest absolute Gasteiger partial charge is 0.0716 e. The summed E-state index contributed by atoms with van der Waals surface area (Å²) in [4.78, 5) is 0. The fraction of sp³-hybridized carbons (Fsp3) is 0.143. The summed E-state index contributed by atoms with van der Waals surface area (Å²) < 4.78 is 5.43. The van der Waals surface area contributed by atoms with E-state index in [4.69, 9.17) is 4.74 Å². The molecular weight excluding hydrogens is 463 g/mol. The maximum Gasteiger partial charge on any atom is 0.0716 e. The molecule has 158 valence electrons. The minimum absolute atomic E-state index is 0.446. The predicted octanol–water partition coefficient (Wildman–Crippen LogP) is 6.43. The van der Waals surface area contributed by atoms with Gasteiger partial charge in [-0.2, -0.15) is 0 Å². The minimum Gasteiger partial charge on any atom is -0.377 e. The predicted molar refractivity (Wildman–Crippen MR) is 140 cm³/mol. The van der Waals surface area contributed by atoms with E-state index in [2.05, 4.69) is 119 Å². The highest BCUT2D eigenvalue weighted by atomic mass is 79.9. The average Bonchev–Trinajstić information content (AvgIpc) is 2.85. The van der Waals surface area contributed by atoms with Crippen molar-refractivity contribution in [2.24, 2.45) is 0 Å². The van der Waals surface area contributed by atoms with Gasteiger partial charge in [0, 0.05) is 11.9 Å². The summed E-state index contributed by atoms with van der Waals surface area (Å²) in [5, 5.41) is 5.21. The van der Waals surface area contributed by atoms with Crippen LogP contribution >= 0.6 is 23.9 Å². The molecule has 0 heterocycles. The molecule has 0 radical (unpaired) electrons. The monoisotopic (exact) mass is 490 g/mol. The molecule has 4 aromatic rings. The Balaban J connectivity index is 0.000000196. The van der Waals surface area contributed by atoms with Crippen LogP contribution in [0, 0.1) is 0 Å². The Labute approximate surface area is 196 Å². The molecule has 0 amide bonds. The SMILES string of the molecule is BrCCCOCc1ccccc1.c1ccc(P(c2ccccc2)c2ccccc2)cc1. The van der Waals surface area contributed by atoms with E-state index < -0.39 is 7.92 Å². The van der Waals surface area contributed by atoms with Crippen LogP contribution in [0.1, 0.15) is 12.0 Å². The molecular formula is C28H28BrOP. The van der Waals surface area contributed by atoms with Gasteiger partial charge in [-0.3, -0.25) is 0 Å². The maximum absolute atomic E-state index is 5.43. The third kappa shape index (κ3) is 8.07. The molecule has 0 aliphatic heterocycles. The largest absolute Gasteiger partial charge is 0.377 e. The Morgan fingerprint density at radius 2 is 0.935 bits per heavy atom. The molecule has 0 spiro atoms. The molecule has 0 saturated heterocycles. The lowest BCUT2D eigenvalue weighted by atomic mass is 10.2. The van der Waals surface area contributed by atoms with E-state index >= 15 is 0 Å². The number of hydrogen-bond donors (Lipinski definition) is 0. The molecule has 0 aliphatic rings. The van der Waals surface area contributed by atoms with E-state index in [1.54, 1.807) is 0 Å². The molecule has 31 heavy (non-hydrogen) atoms. The number of benzene rings is 4. The van der Waals surface area contributed by atoms with Crippen LogP contribution < -0.4 is 15.9 Å². The first-order valence-corrected chi connectivity index (χ1v) is 13.0. The van der Waals surface area contributed by atoms with Crippen molar-refractivity contribution in [3.63, 3.8) is 0 Å². The lowest BCUT2D eigenvalue weighted by Gasteiger charge is -2.18. The van der Waals surface area contributed by atoms with Gasteiger partial charge in [-0.25, -0.2) is 0 Å². The van der Waals surface area contributed by atoms with E-state index in [0.29, 0.717) is 0 Å². The van der Waals surface area contributed by atoms with Gasteiger partial charge < -0.3 is 4.74 Å². The summed E-state index contributed by atoms with van der Waals surface area (Å²) in [6, 6.07) is 42.6. The molecule has 0 fully saturated rings. The van der Waals surface area contributed by atoms with Gasteiger partial charge in [0.25, 0.3) is 0 Å². The molecule has 0 saturated carbocycles. The normalized spacial score (nSPS) is 10.4. The van der Waals surface area contributed by atoms with Crippen molar-refractivity contribution in [3.8, 4) is 0 Å². The number of halogens is 1. The van der Waals surface area contributed by atoms with Gasteiger partial charge in [0.2, 0.25) is 0 Å². The van der Waals surface area contributed by atoms with Crippen molar-refractivity contribution < 1.29 is 4.74 Å². The number of ether oxygens (including phenoxy) is 1. The first-order chi connectivity index (χ1) is 15.4. The third-order valence-corrected chi connectivity index (χ3v) is 7.58. The highest BCUT2D eigenvalue weighted by molar-refractivity contribution is 9.09. The standard InChI is InChI=1S/C18H15P.C10H13BrO/c1-4-10-16(11-5-1)19(17-12-6-2-7-13-17)18-14-8-3-9-15-18;11-7-4-8-12-9-10-5-2-1-3-6-10/h1-15H;1-3,5-6H,4,7-9H2. The van der Waals surface area contributed by atoms with Crippen molar-refractivity contribution in [2.45, 2.75) is 13.0 Å². The molecule has 0 aliphatic carbocycles. The molecule has 0 aromatic heterocycles. The van der Waals surface area contributed by atoms with Gasteiger partial charge in [-0.15, -0.1) is 0 Å². The molecule has 4 rings (SSSR count). The van der Waals surface area contributed by atoms with Crippen molar-refractivity contribution in [1.82, 2.24) is 0 Å². The molecule has 1 nitrogen and oxygen atoms in total. The summed E-state index contributed by atoms with van der Waals surface area (Å²) in [5.74, 6) is 0. The average molecular weight is 491 g/mol. The van der Waals surface area contributed by atoms with Crippen LogP contribution in [-0.2, 0) is 11.3 Å². The van der Waals surface area contributed by atoms with Gasteiger partial charge in [0.1, 0.15) is 0 Å². The zero-order valence-corrected chi connectivity index (χ0v) is 20.1. The van der Waals surface area contributed by atoms with Crippen molar-refractivity contribution in [3.05, 3.63) is 127 Å². The van der Waals surface area contributed by atoms with E-state index in [1.165, 1.54) is 21.5 Å². The Kier molecular flexibility index (Phi) is 10.5. The fourth-order valence-corrected chi connectivity index (χ4v) is 5.63. The quantitative estimate of drug-likeness (QED) is 0.157. The number of hydrogen-bond acceptors (Lipinski definition) is 1. The van der Waals surface area contributed by atoms with Crippen LogP contribution in [0.5, 0.6) is 0 Å². The van der Waals surface area contributed by atoms with Gasteiger partial charge in [0.15, 0.2) is 0 Å². The van der Waals surface area contributed by atoms with Crippen molar-refractivity contribution >= 4 is 39.8 Å². The maximum atomic E-state index is 5.43. The van der Waals surface area contributed by atoms with E-state index in [-0.39, 0.29) is 0 Å². The second kappa shape index (κ2) is 13.9. The van der Waals surface area contributed by atoms with Crippen LogP contribution in [0.15, 0.2) is 121 Å². The van der Waals surface area contributed by atoms with E-state index in [0.717, 1.165) is 25.0 Å². The van der Waals surface area contributed by atoms with Gasteiger partial charge >= 0.3 is 0 Å². The molecule has 0 bridgehead atoms. The zero-order chi connectivity index (χ0) is 21.6. The molecule has 0 unspecified atom stereocenters. The summed E-state index contributed by atoms with van der Waals surface area (Å²) in [5.41, 5.74) is 1.24.